The molecule has 0 aliphatic carbocycles. The minimum absolute atomic E-state index is 0.320. The monoisotopic (exact) mass is 273 g/mol. The van der Waals surface area contributed by atoms with Crippen LogP contribution in [0, 0.1) is 5.92 Å². The Hall–Kier alpha value is -1.34. The number of aliphatic hydroxyl groups is 1. The molecule has 110 valence electrons. The maximum atomic E-state index is 11.5. The highest BCUT2D eigenvalue weighted by Crippen LogP contribution is 2.14. The standard InChI is InChI=1S/C12H23N3O4/c1-3-15-5-4-9(7-15)6-13-11(18)14-8-12(2,19)10(16)17/h9,19H,3-8H2,1-2H3,(H,16,17)(H2,13,14,18). The summed E-state index contributed by atoms with van der Waals surface area (Å²) in [6.45, 7) is 6.55. The van der Waals surface area contributed by atoms with Gasteiger partial charge >= 0.3 is 12.0 Å². The molecule has 2 unspecified atom stereocenters. The van der Waals surface area contributed by atoms with E-state index in [1.165, 1.54) is 0 Å². The lowest BCUT2D eigenvalue weighted by atomic mass is 10.1. The van der Waals surface area contributed by atoms with Crippen LogP contribution in [0.4, 0.5) is 4.79 Å². The first kappa shape index (κ1) is 15.7. The molecule has 2 amide bonds. The van der Waals surface area contributed by atoms with E-state index in [4.69, 9.17) is 5.11 Å². The zero-order valence-corrected chi connectivity index (χ0v) is 11.5. The quantitative estimate of drug-likeness (QED) is 0.521. The van der Waals surface area contributed by atoms with E-state index in [2.05, 4.69) is 22.5 Å². The number of hydrogen-bond donors (Lipinski definition) is 4. The van der Waals surface area contributed by atoms with Crippen molar-refractivity contribution in [2.75, 3.05) is 32.7 Å². The fourth-order valence-corrected chi connectivity index (χ4v) is 1.99. The van der Waals surface area contributed by atoms with Gasteiger partial charge in [0.15, 0.2) is 5.60 Å². The predicted octanol–water partition coefficient (Wildman–Crippen LogP) is -0.537. The van der Waals surface area contributed by atoms with E-state index in [0.29, 0.717) is 12.5 Å². The van der Waals surface area contributed by atoms with Gasteiger partial charge in [-0.25, -0.2) is 9.59 Å². The lowest BCUT2D eigenvalue weighted by molar-refractivity contribution is -0.155. The Morgan fingerprint density at radius 3 is 2.63 bits per heavy atom. The lowest BCUT2D eigenvalue weighted by Gasteiger charge is -2.19. The Morgan fingerprint density at radius 1 is 1.42 bits per heavy atom. The first-order valence-electron chi connectivity index (χ1n) is 6.55. The fraction of sp³-hybridized carbons (Fsp3) is 0.833. The smallest absolute Gasteiger partial charge is 0.337 e. The van der Waals surface area contributed by atoms with Crippen LogP contribution >= 0.6 is 0 Å². The molecule has 1 heterocycles. The molecule has 0 spiro atoms. The van der Waals surface area contributed by atoms with E-state index in [9.17, 15) is 14.7 Å². The minimum atomic E-state index is -1.94. The molecule has 2 atom stereocenters. The summed E-state index contributed by atoms with van der Waals surface area (Å²) in [6, 6.07) is -0.448. The highest BCUT2D eigenvalue weighted by molar-refractivity contribution is 5.79. The molecule has 1 saturated heterocycles. The molecule has 0 aromatic rings. The van der Waals surface area contributed by atoms with Gasteiger partial charge in [-0.3, -0.25) is 0 Å². The lowest BCUT2D eigenvalue weighted by Crippen LogP contribution is -2.49. The van der Waals surface area contributed by atoms with Crippen molar-refractivity contribution in [3.8, 4) is 0 Å². The molecule has 4 N–H and O–H groups in total. The molecule has 0 saturated carbocycles. The zero-order valence-electron chi connectivity index (χ0n) is 11.5. The van der Waals surface area contributed by atoms with Gasteiger partial charge in [0, 0.05) is 13.1 Å². The zero-order chi connectivity index (χ0) is 14.5. The maximum absolute atomic E-state index is 11.5. The number of urea groups is 1. The molecule has 0 bridgehead atoms. The number of nitrogens with zero attached hydrogens (tertiary/aromatic N) is 1. The second-order valence-electron chi connectivity index (χ2n) is 5.19. The summed E-state index contributed by atoms with van der Waals surface area (Å²) in [5.41, 5.74) is -1.94. The maximum Gasteiger partial charge on any atom is 0.337 e. The van der Waals surface area contributed by atoms with Crippen molar-refractivity contribution in [2.45, 2.75) is 25.9 Å². The van der Waals surface area contributed by atoms with Crippen molar-refractivity contribution in [3.05, 3.63) is 0 Å². The van der Waals surface area contributed by atoms with Gasteiger partial charge in [-0.1, -0.05) is 6.92 Å². The van der Waals surface area contributed by atoms with Crippen LogP contribution in [-0.4, -0.2) is 65.4 Å². The number of carboxylic acids is 1. The predicted molar refractivity (Wildman–Crippen MR) is 69.9 cm³/mol. The second kappa shape index (κ2) is 6.72. The largest absolute Gasteiger partial charge is 0.479 e. The van der Waals surface area contributed by atoms with Crippen LogP contribution in [0.5, 0.6) is 0 Å². The number of rotatable bonds is 6. The molecule has 1 fully saturated rings. The number of carboxylic acid groups (broad SMARTS) is 1. The van der Waals surface area contributed by atoms with Crippen molar-refractivity contribution >= 4 is 12.0 Å². The van der Waals surface area contributed by atoms with Crippen LogP contribution in [0.25, 0.3) is 0 Å². The normalized spacial score (nSPS) is 22.8. The molecular weight excluding hydrogens is 250 g/mol. The van der Waals surface area contributed by atoms with Crippen molar-refractivity contribution in [1.82, 2.24) is 15.5 Å². The average molecular weight is 273 g/mol. The summed E-state index contributed by atoms with van der Waals surface area (Å²) in [5.74, 6) is -0.923. The van der Waals surface area contributed by atoms with Crippen LogP contribution < -0.4 is 10.6 Å². The molecule has 7 heteroatoms. The van der Waals surface area contributed by atoms with Gasteiger partial charge < -0.3 is 25.7 Å². The Labute approximate surface area is 113 Å². The molecule has 0 radical (unpaired) electrons. The number of carbonyl (C=O) groups excluding carboxylic acids is 1. The van der Waals surface area contributed by atoms with E-state index in [-0.39, 0.29) is 6.54 Å². The number of amides is 2. The summed E-state index contributed by atoms with van der Waals surface area (Å²) in [5, 5.41) is 23.2. The third kappa shape index (κ3) is 5.04. The van der Waals surface area contributed by atoms with Gasteiger partial charge in [-0.05, 0) is 32.4 Å². The number of nitrogens with one attached hydrogen (secondary N) is 2. The van der Waals surface area contributed by atoms with Crippen molar-refractivity contribution in [3.63, 3.8) is 0 Å². The summed E-state index contributed by atoms with van der Waals surface area (Å²) in [7, 11) is 0. The van der Waals surface area contributed by atoms with Crippen LogP contribution in [0.2, 0.25) is 0 Å². The van der Waals surface area contributed by atoms with Gasteiger partial charge in [-0.2, -0.15) is 0 Å². The molecule has 1 aliphatic heterocycles. The Bertz CT molecular complexity index is 333. The SMILES string of the molecule is CCN1CCC(CNC(=O)NCC(C)(O)C(=O)O)C1. The first-order valence-corrected chi connectivity index (χ1v) is 6.55. The number of hydrogen-bond acceptors (Lipinski definition) is 4. The van der Waals surface area contributed by atoms with E-state index < -0.39 is 17.6 Å². The number of carbonyl (C=O) groups is 2. The Balaban J connectivity index is 2.20. The number of likely N-dealkylation sites (tertiary alicyclic amines) is 1. The van der Waals surface area contributed by atoms with E-state index in [1.54, 1.807) is 0 Å². The van der Waals surface area contributed by atoms with Crippen LogP contribution in [0.15, 0.2) is 0 Å². The third-order valence-corrected chi connectivity index (χ3v) is 3.42. The van der Waals surface area contributed by atoms with Crippen LogP contribution in [0.3, 0.4) is 0 Å². The molecular formula is C12H23N3O4. The van der Waals surface area contributed by atoms with Crippen LogP contribution in [0.1, 0.15) is 20.3 Å². The van der Waals surface area contributed by atoms with Gasteiger partial charge in [0.1, 0.15) is 0 Å². The third-order valence-electron chi connectivity index (χ3n) is 3.42. The fourth-order valence-electron chi connectivity index (χ4n) is 1.99. The van der Waals surface area contributed by atoms with Crippen LogP contribution in [-0.2, 0) is 4.79 Å². The molecule has 1 rings (SSSR count). The van der Waals surface area contributed by atoms with Gasteiger partial charge in [0.25, 0.3) is 0 Å². The minimum Gasteiger partial charge on any atom is -0.479 e. The molecule has 0 aromatic heterocycles. The van der Waals surface area contributed by atoms with E-state index in [0.717, 1.165) is 33.0 Å². The highest BCUT2D eigenvalue weighted by atomic mass is 16.4. The molecule has 19 heavy (non-hydrogen) atoms. The summed E-state index contributed by atoms with van der Waals surface area (Å²) >= 11 is 0. The molecule has 0 aromatic carbocycles. The molecule has 1 aliphatic rings. The topological polar surface area (TPSA) is 102 Å². The van der Waals surface area contributed by atoms with Crippen molar-refractivity contribution in [1.29, 1.82) is 0 Å². The van der Waals surface area contributed by atoms with E-state index in [1.807, 2.05) is 0 Å². The van der Waals surface area contributed by atoms with Gasteiger partial charge in [0.05, 0.1) is 6.54 Å². The second-order valence-corrected chi connectivity index (χ2v) is 5.19. The first-order chi connectivity index (χ1) is 8.85. The summed E-state index contributed by atoms with van der Waals surface area (Å²) < 4.78 is 0. The Morgan fingerprint density at radius 2 is 2.11 bits per heavy atom. The van der Waals surface area contributed by atoms with Crippen molar-refractivity contribution in [2.24, 2.45) is 5.92 Å². The highest BCUT2D eigenvalue weighted by Gasteiger charge is 2.30. The van der Waals surface area contributed by atoms with Crippen molar-refractivity contribution < 1.29 is 19.8 Å². The summed E-state index contributed by atoms with van der Waals surface area (Å²) in [4.78, 5) is 24.4. The summed E-state index contributed by atoms with van der Waals surface area (Å²) in [6.07, 6.45) is 1.06. The number of aliphatic carboxylic acids is 1. The average Bonchev–Trinajstić information content (AvgIpc) is 2.81. The van der Waals surface area contributed by atoms with Gasteiger partial charge in [0.2, 0.25) is 0 Å². The molecule has 7 nitrogen and oxygen atoms in total. The van der Waals surface area contributed by atoms with E-state index >= 15 is 0 Å². The Kier molecular flexibility index (Phi) is 5.56. The van der Waals surface area contributed by atoms with Gasteiger partial charge in [-0.15, -0.1) is 0 Å².